The molecule has 2 aromatic carbocycles. The first-order chi connectivity index (χ1) is 12.5. The number of urea groups is 1. The Balaban J connectivity index is 1.63. The average Bonchev–Trinajstić information content (AvgIpc) is 3.05. The topological polar surface area (TPSA) is 76.8 Å². The summed E-state index contributed by atoms with van der Waals surface area (Å²) in [5.74, 6) is 0.663. The molecular weight excluding hydrogens is 394 g/mol. The van der Waals surface area contributed by atoms with Crippen LogP contribution >= 0.6 is 35.8 Å². The van der Waals surface area contributed by atoms with Gasteiger partial charge in [-0.2, -0.15) is 0 Å². The Bertz CT molecular complexity index is 787. The third-order valence-corrected chi connectivity index (χ3v) is 5.01. The first-order valence-corrected chi connectivity index (χ1v) is 9.27. The molecule has 1 saturated heterocycles. The lowest BCUT2D eigenvalue weighted by atomic mass is 10.3. The number of amides is 2. The summed E-state index contributed by atoms with van der Waals surface area (Å²) >= 11 is 12.0. The molecule has 3 rings (SSSR count). The smallest absolute Gasteiger partial charge is 0.329 e. The standard InChI is InChI=1S/C17H16ClN3O3S2/c18-11-1-7-15(8-2-11)26-21(16(19)22)12-3-5-13(6-4-12)23-10-14-9-20-17(25)24-14/h1-8,14H,9-10H2,(H2,19,22)(H,20,25). The number of hydrogen-bond donors (Lipinski definition) is 2. The maximum Gasteiger partial charge on any atom is 0.329 e. The molecule has 0 saturated carbocycles. The summed E-state index contributed by atoms with van der Waals surface area (Å²) in [6.45, 7) is 1.01. The van der Waals surface area contributed by atoms with E-state index >= 15 is 0 Å². The van der Waals surface area contributed by atoms with Gasteiger partial charge in [0, 0.05) is 9.92 Å². The molecule has 2 aromatic rings. The van der Waals surface area contributed by atoms with Gasteiger partial charge < -0.3 is 20.5 Å². The van der Waals surface area contributed by atoms with Crippen LogP contribution in [-0.2, 0) is 4.74 Å². The van der Waals surface area contributed by atoms with Crippen LogP contribution in [0.1, 0.15) is 0 Å². The predicted octanol–water partition coefficient (Wildman–Crippen LogP) is 3.58. The summed E-state index contributed by atoms with van der Waals surface area (Å²) < 4.78 is 12.4. The summed E-state index contributed by atoms with van der Waals surface area (Å²) in [5.41, 5.74) is 6.16. The highest BCUT2D eigenvalue weighted by atomic mass is 35.5. The molecule has 136 valence electrons. The van der Waals surface area contributed by atoms with E-state index in [2.05, 4.69) is 5.32 Å². The first-order valence-electron chi connectivity index (χ1n) is 7.72. The molecule has 6 nitrogen and oxygen atoms in total. The number of halogens is 1. The fourth-order valence-electron chi connectivity index (χ4n) is 2.22. The molecule has 1 heterocycles. The van der Waals surface area contributed by atoms with Crippen LogP contribution in [0, 0.1) is 0 Å². The monoisotopic (exact) mass is 409 g/mol. The highest BCUT2D eigenvalue weighted by Gasteiger charge is 2.20. The van der Waals surface area contributed by atoms with Gasteiger partial charge in [0.15, 0.2) is 6.10 Å². The first kappa shape index (κ1) is 18.6. The molecule has 2 amide bonds. The van der Waals surface area contributed by atoms with Crippen molar-refractivity contribution in [3.63, 3.8) is 0 Å². The van der Waals surface area contributed by atoms with E-state index in [4.69, 9.17) is 39.0 Å². The number of anilines is 1. The maximum atomic E-state index is 11.8. The highest BCUT2D eigenvalue weighted by Crippen LogP contribution is 2.30. The van der Waals surface area contributed by atoms with E-state index in [1.165, 1.54) is 16.3 Å². The lowest BCUT2D eigenvalue weighted by molar-refractivity contribution is 0.150. The molecule has 1 unspecified atom stereocenters. The van der Waals surface area contributed by atoms with Gasteiger partial charge in [0.2, 0.25) is 0 Å². The molecule has 1 aliphatic heterocycles. The van der Waals surface area contributed by atoms with Gasteiger partial charge in [-0.1, -0.05) is 11.6 Å². The Hall–Kier alpha value is -2.16. The van der Waals surface area contributed by atoms with Crippen LogP contribution in [0.2, 0.25) is 5.02 Å². The molecule has 1 atom stereocenters. The Morgan fingerprint density at radius 2 is 2.00 bits per heavy atom. The van der Waals surface area contributed by atoms with Gasteiger partial charge >= 0.3 is 6.03 Å². The second-order valence-electron chi connectivity index (χ2n) is 5.39. The van der Waals surface area contributed by atoms with Gasteiger partial charge in [-0.25, -0.2) is 9.10 Å². The van der Waals surface area contributed by atoms with E-state index in [-0.39, 0.29) is 6.10 Å². The molecule has 0 radical (unpaired) electrons. The Morgan fingerprint density at radius 3 is 2.58 bits per heavy atom. The summed E-state index contributed by atoms with van der Waals surface area (Å²) in [5, 5.41) is 3.95. The Kier molecular flexibility index (Phi) is 6.08. The van der Waals surface area contributed by atoms with Gasteiger partial charge in [0.25, 0.3) is 5.17 Å². The van der Waals surface area contributed by atoms with Gasteiger partial charge in [-0.05, 0) is 72.7 Å². The average molecular weight is 410 g/mol. The molecule has 0 aromatic heterocycles. The van der Waals surface area contributed by atoms with Crippen molar-refractivity contribution in [3.05, 3.63) is 53.6 Å². The number of rotatable bonds is 6. The van der Waals surface area contributed by atoms with Crippen LogP contribution in [0.15, 0.2) is 53.4 Å². The quantitative estimate of drug-likeness (QED) is 0.561. The van der Waals surface area contributed by atoms with E-state index in [0.29, 0.717) is 34.8 Å². The SMILES string of the molecule is NC(=O)N(Sc1ccc(Cl)cc1)c1ccc(OCC2CNC(=S)O2)cc1. The number of carbonyl (C=O) groups is 1. The molecule has 0 aliphatic carbocycles. The van der Waals surface area contributed by atoms with Crippen LogP contribution in [0.4, 0.5) is 10.5 Å². The van der Waals surface area contributed by atoms with Crippen LogP contribution in [0.25, 0.3) is 0 Å². The van der Waals surface area contributed by atoms with Crippen molar-refractivity contribution in [3.8, 4) is 5.75 Å². The van der Waals surface area contributed by atoms with E-state index in [1.54, 1.807) is 36.4 Å². The third kappa shape index (κ3) is 4.94. The number of carbonyl (C=O) groups excluding carboxylic acids is 1. The number of hydrogen-bond acceptors (Lipinski definition) is 5. The number of benzene rings is 2. The number of thiocarbonyl (C=S) groups is 1. The van der Waals surface area contributed by atoms with Crippen molar-refractivity contribution in [1.29, 1.82) is 0 Å². The number of nitrogens with zero attached hydrogens (tertiary/aromatic N) is 1. The second kappa shape index (κ2) is 8.48. The fourth-order valence-corrected chi connectivity index (χ4v) is 3.35. The van der Waals surface area contributed by atoms with Crippen LogP contribution in [-0.4, -0.2) is 30.5 Å². The van der Waals surface area contributed by atoms with Crippen LogP contribution in [0.3, 0.4) is 0 Å². The molecule has 0 spiro atoms. The third-order valence-electron chi connectivity index (χ3n) is 3.47. The Labute approximate surface area is 165 Å². The zero-order valence-corrected chi connectivity index (χ0v) is 15.9. The maximum absolute atomic E-state index is 11.8. The minimum Gasteiger partial charge on any atom is -0.490 e. The number of ether oxygens (including phenoxy) is 2. The molecule has 1 fully saturated rings. The minimum absolute atomic E-state index is 0.107. The van der Waals surface area contributed by atoms with E-state index in [9.17, 15) is 4.79 Å². The van der Waals surface area contributed by atoms with Crippen molar-refractivity contribution in [1.82, 2.24) is 5.32 Å². The molecule has 26 heavy (non-hydrogen) atoms. The van der Waals surface area contributed by atoms with E-state index in [0.717, 1.165) is 4.90 Å². The molecule has 9 heteroatoms. The number of nitrogens with one attached hydrogen (secondary N) is 1. The van der Waals surface area contributed by atoms with Crippen molar-refractivity contribution in [2.24, 2.45) is 5.73 Å². The summed E-state index contributed by atoms with van der Waals surface area (Å²) in [6, 6.07) is 13.7. The lowest BCUT2D eigenvalue weighted by Crippen LogP contribution is -2.29. The van der Waals surface area contributed by atoms with Crippen molar-refractivity contribution in [2.45, 2.75) is 11.0 Å². The largest absolute Gasteiger partial charge is 0.490 e. The van der Waals surface area contributed by atoms with E-state index in [1.807, 2.05) is 12.1 Å². The summed E-state index contributed by atoms with van der Waals surface area (Å²) in [7, 11) is 0. The molecule has 3 N–H and O–H groups in total. The summed E-state index contributed by atoms with van der Waals surface area (Å²) in [6.07, 6.45) is -0.107. The molecule has 1 aliphatic rings. The normalized spacial score (nSPS) is 15.9. The van der Waals surface area contributed by atoms with Gasteiger partial charge in [-0.3, -0.25) is 0 Å². The number of primary amides is 1. The highest BCUT2D eigenvalue weighted by molar-refractivity contribution is 8.01. The zero-order chi connectivity index (χ0) is 18.5. The molecular formula is C17H16ClN3O3S2. The van der Waals surface area contributed by atoms with Crippen molar-refractivity contribution >= 4 is 52.7 Å². The van der Waals surface area contributed by atoms with Crippen LogP contribution < -0.4 is 20.1 Å². The number of nitrogens with two attached hydrogens (primary N) is 1. The predicted molar refractivity (Wildman–Crippen MR) is 107 cm³/mol. The molecule has 0 bridgehead atoms. The van der Waals surface area contributed by atoms with Gasteiger partial charge in [-0.15, -0.1) is 0 Å². The van der Waals surface area contributed by atoms with Crippen LogP contribution in [0.5, 0.6) is 5.75 Å². The summed E-state index contributed by atoms with van der Waals surface area (Å²) in [4.78, 5) is 12.7. The Morgan fingerprint density at radius 1 is 1.31 bits per heavy atom. The van der Waals surface area contributed by atoms with E-state index < -0.39 is 6.03 Å². The van der Waals surface area contributed by atoms with Gasteiger partial charge in [0.05, 0.1) is 12.2 Å². The second-order valence-corrected chi connectivity index (χ2v) is 7.22. The van der Waals surface area contributed by atoms with Crippen molar-refractivity contribution in [2.75, 3.05) is 17.5 Å². The van der Waals surface area contributed by atoms with Gasteiger partial charge in [0.1, 0.15) is 12.4 Å². The fraction of sp³-hybridized carbons (Fsp3) is 0.176. The van der Waals surface area contributed by atoms with Crippen molar-refractivity contribution < 1.29 is 14.3 Å². The minimum atomic E-state index is -0.572. The zero-order valence-electron chi connectivity index (χ0n) is 13.6. The lowest BCUT2D eigenvalue weighted by Gasteiger charge is -2.19.